The first-order chi connectivity index (χ1) is 8.63. The second-order valence-electron chi connectivity index (χ2n) is 3.80. The normalized spacial score (nSPS) is 10.2. The second kappa shape index (κ2) is 7.60. The highest BCUT2D eigenvalue weighted by molar-refractivity contribution is 5.74. The molecular weight excluding hydrogens is 242 g/mol. The van der Waals surface area contributed by atoms with E-state index in [1.165, 1.54) is 0 Å². The molecule has 0 aromatic heterocycles. The number of amides is 1. The summed E-state index contributed by atoms with van der Waals surface area (Å²) in [6, 6.07) is 3.07. The molecule has 0 aliphatic carbocycles. The number of benzene rings is 1. The number of carbonyl (C=O) groups is 1. The van der Waals surface area contributed by atoms with Gasteiger partial charge in [-0.2, -0.15) is 0 Å². The first-order valence-electron chi connectivity index (χ1n) is 5.71. The van der Waals surface area contributed by atoms with Gasteiger partial charge in [-0.3, -0.25) is 10.2 Å². The van der Waals surface area contributed by atoms with Crippen molar-refractivity contribution in [3.63, 3.8) is 0 Å². The molecular formula is C12H16F2N2O2. The average molecular weight is 258 g/mol. The number of hydrogen-bond acceptors (Lipinski definition) is 3. The van der Waals surface area contributed by atoms with Gasteiger partial charge in [0, 0.05) is 12.5 Å². The van der Waals surface area contributed by atoms with Crippen LogP contribution in [0, 0.1) is 11.6 Å². The molecule has 1 amide bonds. The Hall–Kier alpha value is -1.69. The lowest BCUT2D eigenvalue weighted by atomic mass is 10.2. The van der Waals surface area contributed by atoms with Crippen molar-refractivity contribution < 1.29 is 18.3 Å². The van der Waals surface area contributed by atoms with Gasteiger partial charge in [0.05, 0.1) is 6.61 Å². The van der Waals surface area contributed by atoms with Gasteiger partial charge in [0.1, 0.15) is 5.82 Å². The van der Waals surface area contributed by atoms with Gasteiger partial charge in [-0.15, -0.1) is 0 Å². The zero-order valence-electron chi connectivity index (χ0n) is 9.92. The Labute approximate surface area is 104 Å². The van der Waals surface area contributed by atoms with Gasteiger partial charge in [-0.1, -0.05) is 0 Å². The Morgan fingerprint density at radius 1 is 1.28 bits per heavy atom. The predicted octanol–water partition coefficient (Wildman–Crippen LogP) is 1.89. The highest BCUT2D eigenvalue weighted by Gasteiger charge is 2.04. The molecule has 0 radical (unpaired) electrons. The van der Waals surface area contributed by atoms with Crippen LogP contribution in [-0.2, 0) is 4.79 Å². The van der Waals surface area contributed by atoms with Crippen LogP contribution in [-0.4, -0.2) is 12.5 Å². The third-order valence-electron chi connectivity index (χ3n) is 2.36. The summed E-state index contributed by atoms with van der Waals surface area (Å²) in [4.78, 5) is 10.8. The smallest absolute Gasteiger partial charge is 0.233 e. The quantitative estimate of drug-likeness (QED) is 0.340. The van der Waals surface area contributed by atoms with E-state index in [-0.39, 0.29) is 18.3 Å². The molecule has 4 nitrogen and oxygen atoms in total. The van der Waals surface area contributed by atoms with Crippen LogP contribution < -0.4 is 16.0 Å². The largest absolute Gasteiger partial charge is 0.490 e. The molecule has 0 unspecified atom stereocenters. The van der Waals surface area contributed by atoms with E-state index in [4.69, 9.17) is 10.6 Å². The van der Waals surface area contributed by atoms with Crippen LogP contribution >= 0.6 is 0 Å². The summed E-state index contributed by atoms with van der Waals surface area (Å²) in [7, 11) is 0. The Morgan fingerprint density at radius 3 is 2.78 bits per heavy atom. The lowest BCUT2D eigenvalue weighted by molar-refractivity contribution is -0.121. The predicted molar refractivity (Wildman–Crippen MR) is 62.7 cm³/mol. The number of nitrogens with one attached hydrogen (secondary N) is 1. The summed E-state index contributed by atoms with van der Waals surface area (Å²) >= 11 is 0. The van der Waals surface area contributed by atoms with Crippen molar-refractivity contribution in [2.75, 3.05) is 6.61 Å². The summed E-state index contributed by atoms with van der Waals surface area (Å²) in [5.74, 6) is 3.49. The third-order valence-corrected chi connectivity index (χ3v) is 2.36. The van der Waals surface area contributed by atoms with E-state index in [9.17, 15) is 13.6 Å². The molecule has 0 spiro atoms. The molecule has 0 aliphatic heterocycles. The topological polar surface area (TPSA) is 64.3 Å². The lowest BCUT2D eigenvalue weighted by Gasteiger charge is -2.07. The van der Waals surface area contributed by atoms with Gasteiger partial charge in [0.2, 0.25) is 5.91 Å². The zero-order valence-corrected chi connectivity index (χ0v) is 9.92. The number of nitrogens with two attached hydrogens (primary N) is 1. The van der Waals surface area contributed by atoms with E-state index in [2.05, 4.69) is 0 Å². The molecule has 1 aromatic carbocycles. The molecule has 0 heterocycles. The SMILES string of the molecule is NNC(=O)CCCCCOc1cc(F)ccc1F. The van der Waals surface area contributed by atoms with E-state index in [0.29, 0.717) is 19.3 Å². The van der Waals surface area contributed by atoms with Gasteiger partial charge in [-0.05, 0) is 31.4 Å². The standard InChI is InChI=1S/C12H16F2N2O2/c13-9-5-6-10(14)11(8-9)18-7-3-1-2-4-12(17)16-15/h5-6,8H,1-4,7,15H2,(H,16,17). The van der Waals surface area contributed by atoms with Crippen molar-refractivity contribution in [3.8, 4) is 5.75 Å². The number of unbranched alkanes of at least 4 members (excludes halogenated alkanes) is 2. The monoisotopic (exact) mass is 258 g/mol. The molecule has 1 aromatic rings. The number of rotatable bonds is 7. The Bertz CT molecular complexity index is 400. The Morgan fingerprint density at radius 2 is 2.06 bits per heavy atom. The average Bonchev–Trinajstić information content (AvgIpc) is 2.37. The number of carbonyl (C=O) groups excluding carboxylic acids is 1. The summed E-state index contributed by atoms with van der Waals surface area (Å²) in [5.41, 5.74) is 2.03. The molecule has 0 fully saturated rings. The minimum atomic E-state index is -0.584. The van der Waals surface area contributed by atoms with Crippen LogP contribution in [0.4, 0.5) is 8.78 Å². The Kier molecular flexibility index (Phi) is 6.07. The maximum atomic E-state index is 13.1. The van der Waals surface area contributed by atoms with Crippen molar-refractivity contribution >= 4 is 5.91 Å². The van der Waals surface area contributed by atoms with E-state index in [1.54, 1.807) is 0 Å². The van der Waals surface area contributed by atoms with Crippen LogP contribution in [0.15, 0.2) is 18.2 Å². The minimum absolute atomic E-state index is 0.0882. The molecule has 0 aliphatic rings. The van der Waals surface area contributed by atoms with Gasteiger partial charge in [0.15, 0.2) is 11.6 Å². The summed E-state index contributed by atoms with van der Waals surface area (Å²) in [6.07, 6.45) is 2.45. The lowest BCUT2D eigenvalue weighted by Crippen LogP contribution is -2.29. The second-order valence-corrected chi connectivity index (χ2v) is 3.80. The highest BCUT2D eigenvalue weighted by atomic mass is 19.1. The molecule has 0 bridgehead atoms. The fourth-order valence-corrected chi connectivity index (χ4v) is 1.41. The van der Waals surface area contributed by atoms with Gasteiger partial charge in [-0.25, -0.2) is 14.6 Å². The first-order valence-corrected chi connectivity index (χ1v) is 5.71. The van der Waals surface area contributed by atoms with Gasteiger partial charge in [0.25, 0.3) is 0 Å². The zero-order chi connectivity index (χ0) is 13.4. The molecule has 100 valence electrons. The maximum Gasteiger partial charge on any atom is 0.233 e. The van der Waals surface area contributed by atoms with E-state index < -0.39 is 11.6 Å². The van der Waals surface area contributed by atoms with E-state index in [1.807, 2.05) is 5.43 Å². The van der Waals surface area contributed by atoms with Crippen molar-refractivity contribution in [3.05, 3.63) is 29.8 Å². The fraction of sp³-hybridized carbons (Fsp3) is 0.417. The number of halogens is 2. The minimum Gasteiger partial charge on any atom is -0.490 e. The van der Waals surface area contributed by atoms with Crippen molar-refractivity contribution in [2.45, 2.75) is 25.7 Å². The molecule has 3 N–H and O–H groups in total. The van der Waals surface area contributed by atoms with Crippen LogP contribution in [0.1, 0.15) is 25.7 Å². The number of ether oxygens (including phenoxy) is 1. The molecule has 1 rings (SSSR count). The van der Waals surface area contributed by atoms with Crippen LogP contribution in [0.3, 0.4) is 0 Å². The molecule has 0 atom stereocenters. The highest BCUT2D eigenvalue weighted by Crippen LogP contribution is 2.18. The number of hydrogen-bond donors (Lipinski definition) is 2. The maximum absolute atomic E-state index is 13.1. The molecule has 0 saturated carbocycles. The Balaban J connectivity index is 2.18. The number of hydrazine groups is 1. The third kappa shape index (κ3) is 5.09. The summed E-state index contributed by atoms with van der Waals surface area (Å²) in [6.45, 7) is 0.282. The van der Waals surface area contributed by atoms with Crippen molar-refractivity contribution in [1.82, 2.24) is 5.43 Å². The van der Waals surface area contributed by atoms with Crippen LogP contribution in [0.5, 0.6) is 5.75 Å². The summed E-state index contributed by atoms with van der Waals surface area (Å²) < 4.78 is 31.1. The van der Waals surface area contributed by atoms with Gasteiger partial charge < -0.3 is 4.74 Å². The fourth-order valence-electron chi connectivity index (χ4n) is 1.41. The van der Waals surface area contributed by atoms with Gasteiger partial charge >= 0.3 is 0 Å². The first kappa shape index (κ1) is 14.4. The summed E-state index contributed by atoms with van der Waals surface area (Å²) in [5, 5.41) is 0. The van der Waals surface area contributed by atoms with E-state index in [0.717, 1.165) is 24.6 Å². The van der Waals surface area contributed by atoms with Crippen LogP contribution in [0.2, 0.25) is 0 Å². The van der Waals surface area contributed by atoms with Crippen molar-refractivity contribution in [1.29, 1.82) is 0 Å². The molecule has 6 heteroatoms. The molecule has 0 saturated heterocycles. The van der Waals surface area contributed by atoms with Crippen molar-refractivity contribution in [2.24, 2.45) is 5.84 Å². The van der Waals surface area contributed by atoms with Crippen LogP contribution in [0.25, 0.3) is 0 Å². The molecule has 18 heavy (non-hydrogen) atoms. The van der Waals surface area contributed by atoms with E-state index >= 15 is 0 Å².